The molecule has 4 nitrogen and oxygen atoms in total. The maximum Gasteiger partial charge on any atom is 0.225 e. The van der Waals surface area contributed by atoms with Crippen LogP contribution in [0.5, 0.6) is 0 Å². The molecule has 0 amide bonds. The van der Waals surface area contributed by atoms with Crippen molar-refractivity contribution < 1.29 is 0 Å². The van der Waals surface area contributed by atoms with E-state index in [1.165, 1.54) is 18.4 Å². The summed E-state index contributed by atoms with van der Waals surface area (Å²) in [6, 6.07) is 12.0. The van der Waals surface area contributed by atoms with Crippen LogP contribution in [0, 0.1) is 0 Å². The molecular formula is C22H30N4. The second kappa shape index (κ2) is 6.90. The number of benzene rings is 1. The molecule has 3 aliphatic rings. The van der Waals surface area contributed by atoms with Crippen LogP contribution in [0.25, 0.3) is 0 Å². The van der Waals surface area contributed by atoms with Crippen LogP contribution in [0.15, 0.2) is 30.3 Å². The SMILES string of the molecule is CC[C@@H](C)Nc1nc(C(C)C)cc(N2C[C@H]3CC[C@H]2c2ccccc23)n1. The van der Waals surface area contributed by atoms with Crippen molar-refractivity contribution in [2.24, 2.45) is 0 Å². The molecule has 3 atom stereocenters. The molecule has 1 N–H and O–H groups in total. The lowest BCUT2D eigenvalue weighted by molar-refractivity contribution is 0.387. The van der Waals surface area contributed by atoms with E-state index in [9.17, 15) is 0 Å². The summed E-state index contributed by atoms with van der Waals surface area (Å²) >= 11 is 0. The van der Waals surface area contributed by atoms with Crippen LogP contribution >= 0.6 is 0 Å². The Bertz CT molecular complexity index is 785. The van der Waals surface area contributed by atoms with E-state index < -0.39 is 0 Å². The van der Waals surface area contributed by atoms with Gasteiger partial charge < -0.3 is 10.2 Å². The van der Waals surface area contributed by atoms with Gasteiger partial charge in [-0.2, -0.15) is 4.98 Å². The minimum Gasteiger partial charge on any atom is -0.352 e. The van der Waals surface area contributed by atoms with Gasteiger partial charge in [0.05, 0.1) is 11.7 Å². The molecule has 26 heavy (non-hydrogen) atoms. The first-order valence-electron chi connectivity index (χ1n) is 10.1. The number of hydrogen-bond acceptors (Lipinski definition) is 4. The molecule has 2 bridgehead atoms. The normalized spacial score (nSPS) is 22.4. The summed E-state index contributed by atoms with van der Waals surface area (Å²) in [6.07, 6.45) is 3.57. The third kappa shape index (κ3) is 3.06. The second-order valence-electron chi connectivity index (χ2n) is 8.15. The molecule has 2 aromatic rings. The molecule has 1 fully saturated rings. The van der Waals surface area contributed by atoms with E-state index in [1.807, 2.05) is 0 Å². The highest BCUT2D eigenvalue weighted by atomic mass is 15.3. The van der Waals surface area contributed by atoms with E-state index in [4.69, 9.17) is 9.97 Å². The Labute approximate surface area is 157 Å². The third-order valence-corrected chi connectivity index (χ3v) is 5.98. The minimum absolute atomic E-state index is 0.379. The van der Waals surface area contributed by atoms with Crippen LogP contribution in [0.2, 0.25) is 0 Å². The first-order valence-corrected chi connectivity index (χ1v) is 10.1. The highest BCUT2D eigenvalue weighted by molar-refractivity contribution is 5.53. The Morgan fingerprint density at radius 1 is 1.12 bits per heavy atom. The highest BCUT2D eigenvalue weighted by Crippen LogP contribution is 2.48. The quantitative estimate of drug-likeness (QED) is 0.799. The average Bonchev–Trinajstić information content (AvgIpc) is 2.68. The van der Waals surface area contributed by atoms with Gasteiger partial charge in [-0.05, 0) is 43.2 Å². The lowest BCUT2D eigenvalue weighted by Gasteiger charge is -2.47. The number of nitrogens with zero attached hydrogens (tertiary/aromatic N) is 3. The number of fused-ring (bicyclic) bond motifs is 2. The van der Waals surface area contributed by atoms with Crippen LogP contribution in [0.1, 0.15) is 81.7 Å². The molecule has 0 saturated carbocycles. The van der Waals surface area contributed by atoms with Crippen molar-refractivity contribution in [3.8, 4) is 0 Å². The Morgan fingerprint density at radius 3 is 2.62 bits per heavy atom. The zero-order chi connectivity index (χ0) is 18.3. The van der Waals surface area contributed by atoms with Crippen molar-refractivity contribution in [2.75, 3.05) is 16.8 Å². The van der Waals surface area contributed by atoms with Gasteiger partial charge >= 0.3 is 0 Å². The third-order valence-electron chi connectivity index (χ3n) is 5.98. The fourth-order valence-electron chi connectivity index (χ4n) is 4.27. The highest BCUT2D eigenvalue weighted by Gasteiger charge is 2.38. The first kappa shape index (κ1) is 17.3. The molecule has 0 spiro atoms. The second-order valence-corrected chi connectivity index (χ2v) is 8.15. The Kier molecular flexibility index (Phi) is 4.60. The molecule has 3 heterocycles. The number of anilines is 2. The van der Waals surface area contributed by atoms with Gasteiger partial charge in [0.2, 0.25) is 5.95 Å². The van der Waals surface area contributed by atoms with Gasteiger partial charge in [0.1, 0.15) is 5.82 Å². The largest absolute Gasteiger partial charge is 0.352 e. The fourth-order valence-corrected chi connectivity index (χ4v) is 4.27. The predicted molar refractivity (Wildman–Crippen MR) is 108 cm³/mol. The van der Waals surface area contributed by atoms with E-state index >= 15 is 0 Å². The van der Waals surface area contributed by atoms with Gasteiger partial charge in [-0.15, -0.1) is 0 Å². The van der Waals surface area contributed by atoms with Crippen molar-refractivity contribution in [2.45, 2.75) is 70.9 Å². The minimum atomic E-state index is 0.379. The maximum absolute atomic E-state index is 4.92. The molecular weight excluding hydrogens is 320 g/mol. The lowest BCUT2D eigenvalue weighted by Crippen LogP contribution is -2.43. The van der Waals surface area contributed by atoms with Crippen LogP contribution in [-0.4, -0.2) is 22.6 Å². The first-order chi connectivity index (χ1) is 12.6. The van der Waals surface area contributed by atoms with E-state index in [1.54, 1.807) is 5.56 Å². The number of piperidine rings is 1. The molecule has 1 aliphatic carbocycles. The average molecular weight is 351 g/mol. The lowest BCUT2D eigenvalue weighted by atomic mass is 9.75. The van der Waals surface area contributed by atoms with Crippen molar-refractivity contribution in [1.82, 2.24) is 9.97 Å². The summed E-state index contributed by atoms with van der Waals surface area (Å²) in [5.41, 5.74) is 4.17. The Hall–Kier alpha value is -2.10. The fraction of sp³-hybridized carbons (Fsp3) is 0.545. The zero-order valence-electron chi connectivity index (χ0n) is 16.4. The molecule has 5 rings (SSSR count). The topological polar surface area (TPSA) is 41.1 Å². The number of aromatic nitrogens is 2. The molecule has 4 heteroatoms. The Balaban J connectivity index is 1.72. The monoisotopic (exact) mass is 350 g/mol. The summed E-state index contributed by atoms with van der Waals surface area (Å²) < 4.78 is 0. The smallest absolute Gasteiger partial charge is 0.225 e. The van der Waals surface area contributed by atoms with E-state index in [2.05, 4.69) is 68.2 Å². The van der Waals surface area contributed by atoms with Crippen LogP contribution in [0.4, 0.5) is 11.8 Å². The summed E-state index contributed by atoms with van der Waals surface area (Å²) in [5, 5.41) is 3.48. The van der Waals surface area contributed by atoms with Gasteiger partial charge in [-0.25, -0.2) is 4.98 Å². The van der Waals surface area contributed by atoms with Crippen LogP contribution in [-0.2, 0) is 0 Å². The summed E-state index contributed by atoms with van der Waals surface area (Å²) in [7, 11) is 0. The standard InChI is InChI=1S/C22H30N4/c1-5-15(4)23-22-24-19(14(2)3)12-21(25-22)26-13-16-10-11-20(26)18-9-7-6-8-17(16)18/h6-9,12,14-16,20H,5,10-11,13H2,1-4H3,(H,23,24,25)/t15-,16-,20+/m1/s1. The van der Waals surface area contributed by atoms with E-state index in [0.717, 1.165) is 30.4 Å². The summed E-state index contributed by atoms with van der Waals surface area (Å²) in [4.78, 5) is 12.2. The molecule has 0 radical (unpaired) electrons. The number of hydrogen-bond donors (Lipinski definition) is 1. The maximum atomic E-state index is 4.92. The summed E-state index contributed by atoms with van der Waals surface area (Å²) in [6.45, 7) is 9.85. The van der Waals surface area contributed by atoms with Crippen molar-refractivity contribution in [3.63, 3.8) is 0 Å². The van der Waals surface area contributed by atoms with Crippen LogP contribution < -0.4 is 10.2 Å². The Morgan fingerprint density at radius 2 is 1.88 bits per heavy atom. The predicted octanol–water partition coefficient (Wildman–Crippen LogP) is 5.25. The van der Waals surface area contributed by atoms with Crippen molar-refractivity contribution in [3.05, 3.63) is 47.2 Å². The van der Waals surface area contributed by atoms with E-state index in [0.29, 0.717) is 23.9 Å². The van der Waals surface area contributed by atoms with Gasteiger partial charge in [0.15, 0.2) is 0 Å². The molecule has 1 saturated heterocycles. The zero-order valence-corrected chi connectivity index (χ0v) is 16.4. The number of rotatable bonds is 5. The molecule has 2 aliphatic heterocycles. The molecule has 138 valence electrons. The van der Waals surface area contributed by atoms with Crippen LogP contribution in [0.3, 0.4) is 0 Å². The molecule has 0 unspecified atom stereocenters. The molecule has 1 aromatic carbocycles. The van der Waals surface area contributed by atoms with Gasteiger partial charge in [-0.3, -0.25) is 0 Å². The van der Waals surface area contributed by atoms with Crippen molar-refractivity contribution in [1.29, 1.82) is 0 Å². The van der Waals surface area contributed by atoms with Gasteiger partial charge in [-0.1, -0.05) is 45.0 Å². The van der Waals surface area contributed by atoms with Gasteiger partial charge in [0.25, 0.3) is 0 Å². The number of nitrogens with one attached hydrogen (secondary N) is 1. The van der Waals surface area contributed by atoms with E-state index in [-0.39, 0.29) is 0 Å². The summed E-state index contributed by atoms with van der Waals surface area (Å²) in [5.74, 6) is 2.87. The van der Waals surface area contributed by atoms with Gasteiger partial charge in [0, 0.05) is 24.6 Å². The van der Waals surface area contributed by atoms with Crippen molar-refractivity contribution >= 4 is 11.8 Å². The molecule has 1 aromatic heterocycles.